The van der Waals surface area contributed by atoms with E-state index in [2.05, 4.69) is 20.3 Å². The maximum Gasteiger partial charge on any atom is 0.183 e. The third-order valence-corrected chi connectivity index (χ3v) is 5.48. The van der Waals surface area contributed by atoms with E-state index in [1.54, 1.807) is 25.7 Å². The second-order valence-corrected chi connectivity index (χ2v) is 7.25. The van der Waals surface area contributed by atoms with Crippen molar-refractivity contribution in [2.75, 3.05) is 18.7 Å². The summed E-state index contributed by atoms with van der Waals surface area (Å²) < 4.78 is 22.5. The van der Waals surface area contributed by atoms with Crippen LogP contribution in [0.1, 0.15) is 13.3 Å². The summed E-state index contributed by atoms with van der Waals surface area (Å²) in [6.07, 6.45) is 6.18. The van der Waals surface area contributed by atoms with Crippen LogP contribution in [0.4, 0.5) is 10.1 Å². The van der Waals surface area contributed by atoms with Gasteiger partial charge in [-0.2, -0.15) is 10.2 Å². The zero-order valence-corrected chi connectivity index (χ0v) is 17.3. The Morgan fingerprint density at radius 3 is 2.77 bits per heavy atom. The van der Waals surface area contributed by atoms with Crippen LogP contribution in [0.5, 0.6) is 5.75 Å². The standard InChI is InChI=1S/C23H21FN6O/c1-3-29-14-25-22-19(13-26-28-23(22)29)15-5-7-20(24)17(11-15)18-12-16(6-8-21(18)31-2)30-10-4-9-27-30/h5-9,11-14H,3-4,10H2,1-2H3. The molecule has 0 spiro atoms. The highest BCUT2D eigenvalue weighted by Crippen LogP contribution is 2.38. The highest BCUT2D eigenvalue weighted by Gasteiger charge is 2.18. The minimum absolute atomic E-state index is 0.332. The lowest BCUT2D eigenvalue weighted by atomic mass is 9.98. The molecule has 5 rings (SSSR count). The number of hydrazone groups is 1. The molecule has 156 valence electrons. The molecule has 1 aliphatic heterocycles. The summed E-state index contributed by atoms with van der Waals surface area (Å²) in [6.45, 7) is 3.57. The topological polar surface area (TPSA) is 68.4 Å². The van der Waals surface area contributed by atoms with Gasteiger partial charge in [-0.05, 0) is 42.8 Å². The summed E-state index contributed by atoms with van der Waals surface area (Å²) >= 11 is 0. The summed E-state index contributed by atoms with van der Waals surface area (Å²) in [5.41, 5.74) is 5.06. The molecule has 0 bridgehead atoms. The average Bonchev–Trinajstić information content (AvgIpc) is 3.49. The largest absolute Gasteiger partial charge is 0.496 e. The summed E-state index contributed by atoms with van der Waals surface area (Å²) in [5.74, 6) is 0.262. The fourth-order valence-electron chi connectivity index (χ4n) is 3.87. The lowest BCUT2D eigenvalue weighted by Crippen LogP contribution is -2.11. The molecule has 4 aromatic rings. The third-order valence-electron chi connectivity index (χ3n) is 5.48. The van der Waals surface area contributed by atoms with E-state index in [9.17, 15) is 0 Å². The van der Waals surface area contributed by atoms with Gasteiger partial charge >= 0.3 is 0 Å². The molecule has 0 amide bonds. The third kappa shape index (κ3) is 3.30. The second-order valence-electron chi connectivity index (χ2n) is 7.25. The van der Waals surface area contributed by atoms with Gasteiger partial charge in [0.15, 0.2) is 5.65 Å². The van der Waals surface area contributed by atoms with E-state index in [-0.39, 0.29) is 5.82 Å². The van der Waals surface area contributed by atoms with Crippen LogP contribution >= 0.6 is 0 Å². The first-order chi connectivity index (χ1) is 15.2. The maximum atomic E-state index is 15.0. The summed E-state index contributed by atoms with van der Waals surface area (Å²) in [4.78, 5) is 4.51. The lowest BCUT2D eigenvalue weighted by Gasteiger charge is -2.17. The van der Waals surface area contributed by atoms with Crippen LogP contribution in [0.2, 0.25) is 0 Å². The number of ether oxygens (including phenoxy) is 1. The molecule has 3 heterocycles. The molecule has 0 saturated heterocycles. The average molecular weight is 416 g/mol. The van der Waals surface area contributed by atoms with Crippen molar-refractivity contribution in [2.45, 2.75) is 19.9 Å². The molecule has 0 fully saturated rings. The van der Waals surface area contributed by atoms with E-state index < -0.39 is 0 Å². The van der Waals surface area contributed by atoms with Crippen molar-refractivity contribution in [1.29, 1.82) is 0 Å². The molecular formula is C23H21FN6O. The molecule has 31 heavy (non-hydrogen) atoms. The molecule has 7 nitrogen and oxygen atoms in total. The Morgan fingerprint density at radius 2 is 2.00 bits per heavy atom. The first kappa shape index (κ1) is 19.2. The fraction of sp³-hybridized carbons (Fsp3) is 0.217. The number of methoxy groups -OCH3 is 1. The Bertz CT molecular complexity index is 1300. The number of anilines is 1. The van der Waals surface area contributed by atoms with Crippen molar-refractivity contribution in [2.24, 2.45) is 5.10 Å². The molecular weight excluding hydrogens is 395 g/mol. The fourth-order valence-corrected chi connectivity index (χ4v) is 3.87. The van der Waals surface area contributed by atoms with Crippen molar-refractivity contribution in [3.63, 3.8) is 0 Å². The SMILES string of the molecule is CCn1cnc2c(-c3ccc(F)c(-c4cc(N5CCC=N5)ccc4OC)c3)cnnc21. The first-order valence-electron chi connectivity index (χ1n) is 10.1. The Balaban J connectivity index is 1.66. The summed E-state index contributed by atoms with van der Waals surface area (Å²) in [6, 6.07) is 10.7. The van der Waals surface area contributed by atoms with Gasteiger partial charge < -0.3 is 9.30 Å². The summed E-state index contributed by atoms with van der Waals surface area (Å²) in [7, 11) is 1.59. The van der Waals surface area contributed by atoms with Gasteiger partial charge in [0.1, 0.15) is 17.1 Å². The molecule has 0 atom stereocenters. The van der Waals surface area contributed by atoms with Crippen molar-refractivity contribution in [3.8, 4) is 28.0 Å². The van der Waals surface area contributed by atoms with Gasteiger partial charge in [0.2, 0.25) is 0 Å². The van der Waals surface area contributed by atoms with Gasteiger partial charge in [-0.1, -0.05) is 6.07 Å². The lowest BCUT2D eigenvalue weighted by molar-refractivity contribution is 0.416. The number of benzene rings is 2. The van der Waals surface area contributed by atoms with E-state index >= 15 is 4.39 Å². The number of nitrogens with zero attached hydrogens (tertiary/aromatic N) is 6. The Labute approximate surface area is 178 Å². The Morgan fingerprint density at radius 1 is 1.10 bits per heavy atom. The molecule has 0 radical (unpaired) electrons. The van der Waals surface area contributed by atoms with E-state index in [0.717, 1.165) is 41.8 Å². The quantitative estimate of drug-likeness (QED) is 0.478. The number of hydrogen-bond donors (Lipinski definition) is 0. The molecule has 0 N–H and O–H groups in total. The number of imidazole rings is 1. The van der Waals surface area contributed by atoms with Gasteiger partial charge in [-0.25, -0.2) is 9.37 Å². The van der Waals surface area contributed by atoms with E-state index in [1.807, 2.05) is 47.0 Å². The zero-order chi connectivity index (χ0) is 21.4. The number of halogens is 1. The van der Waals surface area contributed by atoms with Crippen molar-refractivity contribution in [3.05, 3.63) is 54.7 Å². The van der Waals surface area contributed by atoms with Gasteiger partial charge in [-0.3, -0.25) is 5.01 Å². The number of fused-ring (bicyclic) bond motifs is 1. The maximum absolute atomic E-state index is 15.0. The van der Waals surface area contributed by atoms with Crippen molar-refractivity contribution in [1.82, 2.24) is 19.7 Å². The van der Waals surface area contributed by atoms with Crippen LogP contribution in [0.25, 0.3) is 33.4 Å². The van der Waals surface area contributed by atoms with Crippen LogP contribution in [0.3, 0.4) is 0 Å². The van der Waals surface area contributed by atoms with Crippen LogP contribution in [0, 0.1) is 5.82 Å². The van der Waals surface area contributed by atoms with Crippen LogP contribution in [-0.2, 0) is 6.54 Å². The molecule has 0 aliphatic carbocycles. The van der Waals surface area contributed by atoms with E-state index in [4.69, 9.17) is 4.74 Å². The van der Waals surface area contributed by atoms with Crippen LogP contribution in [-0.4, -0.2) is 39.6 Å². The molecule has 0 saturated carbocycles. The van der Waals surface area contributed by atoms with Gasteiger partial charge in [0, 0.05) is 42.4 Å². The Hall–Kier alpha value is -3.81. The minimum atomic E-state index is -0.332. The minimum Gasteiger partial charge on any atom is -0.496 e. The van der Waals surface area contributed by atoms with Crippen LogP contribution < -0.4 is 9.75 Å². The van der Waals surface area contributed by atoms with E-state index in [1.165, 1.54) is 6.07 Å². The number of aryl methyl sites for hydroxylation is 1. The number of aromatic nitrogens is 4. The molecule has 8 heteroatoms. The summed E-state index contributed by atoms with van der Waals surface area (Å²) in [5, 5.41) is 14.6. The molecule has 1 aliphatic rings. The molecule has 2 aromatic heterocycles. The predicted molar refractivity (Wildman–Crippen MR) is 119 cm³/mol. The second kappa shape index (κ2) is 7.79. The van der Waals surface area contributed by atoms with Crippen molar-refractivity contribution < 1.29 is 9.13 Å². The molecule has 2 aromatic carbocycles. The van der Waals surface area contributed by atoms with Crippen LogP contribution in [0.15, 0.2) is 54.0 Å². The Kier molecular flexibility index (Phi) is 4.82. The van der Waals surface area contributed by atoms with Gasteiger partial charge in [0.05, 0.1) is 25.3 Å². The smallest absolute Gasteiger partial charge is 0.183 e. The van der Waals surface area contributed by atoms with Gasteiger partial charge in [0.25, 0.3) is 0 Å². The highest BCUT2D eigenvalue weighted by molar-refractivity contribution is 5.90. The molecule has 0 unspecified atom stereocenters. The van der Waals surface area contributed by atoms with Gasteiger partial charge in [-0.15, -0.1) is 5.10 Å². The number of rotatable bonds is 5. The van der Waals surface area contributed by atoms with E-state index in [0.29, 0.717) is 22.5 Å². The first-order valence-corrected chi connectivity index (χ1v) is 10.1. The zero-order valence-electron chi connectivity index (χ0n) is 17.3. The predicted octanol–water partition coefficient (Wildman–Crippen LogP) is 4.52. The van der Waals surface area contributed by atoms with Crippen molar-refractivity contribution >= 4 is 23.1 Å². The normalized spacial score (nSPS) is 13.3. The highest BCUT2D eigenvalue weighted by atomic mass is 19.1. The monoisotopic (exact) mass is 416 g/mol. The number of hydrogen-bond acceptors (Lipinski definition) is 6.